The zero-order valence-corrected chi connectivity index (χ0v) is 13.0. The Hall–Kier alpha value is -2.34. The number of nitrogens with one attached hydrogen (secondary N) is 2. The molecule has 0 aliphatic carbocycles. The van der Waals surface area contributed by atoms with Gasteiger partial charge in [0.2, 0.25) is 0 Å². The highest BCUT2D eigenvalue weighted by Crippen LogP contribution is 2.21. The van der Waals surface area contributed by atoms with Crippen molar-refractivity contribution < 1.29 is 9.90 Å². The second-order valence-electron chi connectivity index (χ2n) is 5.24. The van der Waals surface area contributed by atoms with Crippen LogP contribution in [0.3, 0.4) is 0 Å². The van der Waals surface area contributed by atoms with E-state index < -0.39 is 0 Å². The molecular formula is C16H22N4O2. The van der Waals surface area contributed by atoms with Gasteiger partial charge in [0.25, 0.3) is 0 Å². The number of hydrogen-bond donors (Lipinski definition) is 3. The predicted octanol–water partition coefficient (Wildman–Crippen LogP) is 1.48. The molecule has 118 valence electrons. The number of benzene rings is 1. The summed E-state index contributed by atoms with van der Waals surface area (Å²) in [6.45, 7) is 0.957. The van der Waals surface area contributed by atoms with Gasteiger partial charge >= 0.3 is 6.03 Å². The minimum atomic E-state index is -0.235. The Labute approximate surface area is 130 Å². The van der Waals surface area contributed by atoms with Crippen LogP contribution in [0.15, 0.2) is 30.3 Å². The molecule has 1 aromatic heterocycles. The number of nitrogens with zero attached hydrogens (tertiary/aromatic N) is 2. The van der Waals surface area contributed by atoms with Crippen molar-refractivity contribution in [3.63, 3.8) is 0 Å². The number of aliphatic hydroxyl groups excluding tert-OH is 1. The van der Waals surface area contributed by atoms with Crippen LogP contribution in [-0.4, -0.2) is 43.4 Å². The molecule has 1 heterocycles. The number of aliphatic hydroxyl groups is 1. The molecule has 0 saturated heterocycles. The molecule has 22 heavy (non-hydrogen) atoms. The highest BCUT2D eigenvalue weighted by atomic mass is 16.3. The summed E-state index contributed by atoms with van der Waals surface area (Å²) in [6.07, 6.45) is 0.552. The average molecular weight is 302 g/mol. The Morgan fingerprint density at radius 2 is 2.05 bits per heavy atom. The quantitative estimate of drug-likeness (QED) is 0.706. The molecule has 0 bridgehead atoms. The zero-order chi connectivity index (χ0) is 15.9. The van der Waals surface area contributed by atoms with Crippen molar-refractivity contribution in [3.8, 4) is 0 Å². The number of hydrogen-bond acceptors (Lipinski definition) is 4. The van der Waals surface area contributed by atoms with E-state index in [1.807, 2.05) is 49.3 Å². The van der Waals surface area contributed by atoms with E-state index in [1.54, 1.807) is 0 Å². The monoisotopic (exact) mass is 302 g/mol. The van der Waals surface area contributed by atoms with Gasteiger partial charge in [-0.3, -0.25) is 0 Å². The number of para-hydroxylation sites is 1. The Morgan fingerprint density at radius 1 is 1.27 bits per heavy atom. The van der Waals surface area contributed by atoms with Crippen molar-refractivity contribution in [2.45, 2.75) is 13.0 Å². The van der Waals surface area contributed by atoms with Gasteiger partial charge in [0.15, 0.2) is 0 Å². The lowest BCUT2D eigenvalue weighted by Crippen LogP contribution is -2.35. The van der Waals surface area contributed by atoms with E-state index in [0.717, 1.165) is 22.3 Å². The third-order valence-corrected chi connectivity index (χ3v) is 3.31. The smallest absolute Gasteiger partial charge is 0.315 e. The van der Waals surface area contributed by atoms with Crippen molar-refractivity contribution in [1.29, 1.82) is 0 Å². The van der Waals surface area contributed by atoms with Crippen LogP contribution in [0.2, 0.25) is 0 Å². The summed E-state index contributed by atoms with van der Waals surface area (Å²) in [5, 5.41) is 15.3. The highest BCUT2D eigenvalue weighted by molar-refractivity contribution is 5.84. The summed E-state index contributed by atoms with van der Waals surface area (Å²) in [5.41, 5.74) is 1.93. The van der Waals surface area contributed by atoms with Gasteiger partial charge < -0.3 is 20.6 Å². The van der Waals surface area contributed by atoms with Crippen LogP contribution in [0, 0.1) is 0 Å². The Bertz CT molecular complexity index is 643. The molecule has 0 aliphatic rings. The summed E-state index contributed by atoms with van der Waals surface area (Å²) in [4.78, 5) is 18.3. The fourth-order valence-electron chi connectivity index (χ4n) is 2.13. The fraction of sp³-hybridized carbons (Fsp3) is 0.375. The van der Waals surface area contributed by atoms with Gasteiger partial charge in [0.1, 0.15) is 5.82 Å². The highest BCUT2D eigenvalue weighted by Gasteiger charge is 2.08. The van der Waals surface area contributed by atoms with Crippen molar-refractivity contribution in [2.24, 2.45) is 0 Å². The summed E-state index contributed by atoms with van der Waals surface area (Å²) in [7, 11) is 3.88. The first kappa shape index (κ1) is 16.0. The number of carbonyl (C=O) groups excluding carboxylic acids is 1. The van der Waals surface area contributed by atoms with Crippen LogP contribution < -0.4 is 15.5 Å². The molecule has 2 rings (SSSR count). The van der Waals surface area contributed by atoms with Gasteiger partial charge in [-0.25, -0.2) is 9.78 Å². The lowest BCUT2D eigenvalue weighted by molar-refractivity contribution is 0.238. The molecule has 2 amide bonds. The number of pyridine rings is 1. The molecule has 0 atom stereocenters. The van der Waals surface area contributed by atoms with Crippen LogP contribution in [0.5, 0.6) is 0 Å². The van der Waals surface area contributed by atoms with Gasteiger partial charge in [0, 0.05) is 39.2 Å². The lowest BCUT2D eigenvalue weighted by Gasteiger charge is -2.15. The Kier molecular flexibility index (Phi) is 5.55. The third-order valence-electron chi connectivity index (χ3n) is 3.31. The molecule has 0 aliphatic heterocycles. The normalized spacial score (nSPS) is 10.5. The number of rotatable bonds is 6. The van der Waals surface area contributed by atoms with Crippen LogP contribution in [-0.2, 0) is 6.54 Å². The molecule has 6 nitrogen and oxygen atoms in total. The topological polar surface area (TPSA) is 77.5 Å². The molecule has 0 unspecified atom stereocenters. The molecule has 6 heteroatoms. The molecule has 1 aromatic carbocycles. The van der Waals surface area contributed by atoms with E-state index in [0.29, 0.717) is 19.5 Å². The third kappa shape index (κ3) is 4.08. The molecule has 0 radical (unpaired) electrons. The van der Waals surface area contributed by atoms with Crippen LogP contribution >= 0.6 is 0 Å². The standard InChI is InChI=1S/C16H22N4O2/c1-20(2)15-10-12(11-18-16(22)17-8-5-9-21)13-6-3-4-7-14(13)19-15/h3-4,6-7,10,21H,5,8-9,11H2,1-2H3,(H2,17,18,22). The number of carbonyl (C=O) groups is 1. The van der Waals surface area contributed by atoms with Gasteiger partial charge in [-0.1, -0.05) is 18.2 Å². The van der Waals surface area contributed by atoms with Gasteiger partial charge in [-0.2, -0.15) is 0 Å². The maximum absolute atomic E-state index is 11.7. The lowest BCUT2D eigenvalue weighted by atomic mass is 10.1. The van der Waals surface area contributed by atoms with E-state index in [9.17, 15) is 4.79 Å². The first-order chi connectivity index (χ1) is 10.6. The van der Waals surface area contributed by atoms with E-state index >= 15 is 0 Å². The molecule has 0 fully saturated rings. The zero-order valence-electron chi connectivity index (χ0n) is 13.0. The SMILES string of the molecule is CN(C)c1cc(CNC(=O)NCCCO)c2ccccc2n1. The number of amides is 2. The maximum Gasteiger partial charge on any atom is 0.315 e. The van der Waals surface area contributed by atoms with Crippen molar-refractivity contribution >= 4 is 22.8 Å². The first-order valence-corrected chi connectivity index (χ1v) is 7.30. The number of urea groups is 1. The van der Waals surface area contributed by atoms with E-state index in [4.69, 9.17) is 5.11 Å². The molecule has 3 N–H and O–H groups in total. The minimum Gasteiger partial charge on any atom is -0.396 e. The summed E-state index contributed by atoms with van der Waals surface area (Å²) in [6, 6.07) is 9.63. The second-order valence-corrected chi connectivity index (χ2v) is 5.24. The van der Waals surface area contributed by atoms with Crippen molar-refractivity contribution in [1.82, 2.24) is 15.6 Å². The summed E-state index contributed by atoms with van der Waals surface area (Å²) >= 11 is 0. The van der Waals surface area contributed by atoms with E-state index in [1.165, 1.54) is 0 Å². The molecular weight excluding hydrogens is 280 g/mol. The predicted molar refractivity (Wildman–Crippen MR) is 88.0 cm³/mol. The minimum absolute atomic E-state index is 0.0709. The fourth-order valence-corrected chi connectivity index (χ4v) is 2.13. The number of aromatic nitrogens is 1. The van der Waals surface area contributed by atoms with Crippen molar-refractivity contribution in [3.05, 3.63) is 35.9 Å². The van der Waals surface area contributed by atoms with Gasteiger partial charge in [-0.15, -0.1) is 0 Å². The van der Waals surface area contributed by atoms with Gasteiger partial charge in [-0.05, 0) is 24.1 Å². The largest absolute Gasteiger partial charge is 0.396 e. The Balaban J connectivity index is 2.14. The van der Waals surface area contributed by atoms with Crippen LogP contribution in [0.1, 0.15) is 12.0 Å². The maximum atomic E-state index is 11.7. The number of fused-ring (bicyclic) bond motifs is 1. The first-order valence-electron chi connectivity index (χ1n) is 7.30. The second kappa shape index (κ2) is 7.61. The van der Waals surface area contributed by atoms with Crippen molar-refractivity contribution in [2.75, 3.05) is 32.1 Å². The van der Waals surface area contributed by atoms with E-state index in [2.05, 4.69) is 15.6 Å². The number of anilines is 1. The van der Waals surface area contributed by atoms with Gasteiger partial charge in [0.05, 0.1) is 5.52 Å². The molecule has 2 aromatic rings. The van der Waals surface area contributed by atoms with E-state index in [-0.39, 0.29) is 12.6 Å². The Morgan fingerprint density at radius 3 is 2.77 bits per heavy atom. The summed E-state index contributed by atoms with van der Waals surface area (Å²) in [5.74, 6) is 0.858. The molecule has 0 spiro atoms. The van der Waals surface area contributed by atoms with Crippen LogP contribution in [0.4, 0.5) is 10.6 Å². The average Bonchev–Trinajstić information content (AvgIpc) is 2.52. The molecule has 0 saturated carbocycles. The summed E-state index contributed by atoms with van der Waals surface area (Å²) < 4.78 is 0. The van der Waals surface area contributed by atoms with Crippen LogP contribution in [0.25, 0.3) is 10.9 Å².